The summed E-state index contributed by atoms with van der Waals surface area (Å²) < 4.78 is 6.58. The summed E-state index contributed by atoms with van der Waals surface area (Å²) in [4.78, 5) is 36.3. The van der Waals surface area contributed by atoms with E-state index in [9.17, 15) is 9.59 Å². The van der Waals surface area contributed by atoms with Crippen molar-refractivity contribution in [2.75, 3.05) is 12.4 Å². The number of carbonyl (C=O) groups is 1. The summed E-state index contributed by atoms with van der Waals surface area (Å²) in [5.41, 5.74) is 7.54. The third-order valence-electron chi connectivity index (χ3n) is 5.87. The molecule has 180 valence electrons. The van der Waals surface area contributed by atoms with Crippen molar-refractivity contribution in [2.24, 2.45) is 4.99 Å². The molecule has 0 spiro atoms. The van der Waals surface area contributed by atoms with E-state index in [2.05, 4.69) is 22.4 Å². The predicted octanol–water partition coefficient (Wildman–Crippen LogP) is 2.19. The summed E-state index contributed by atoms with van der Waals surface area (Å²) in [6, 6.07) is 13.0. The lowest BCUT2D eigenvalue weighted by Gasteiger charge is -2.15. The molecule has 2 heterocycles. The molecule has 1 amide bonds. The van der Waals surface area contributed by atoms with Gasteiger partial charge < -0.3 is 19.5 Å². The van der Waals surface area contributed by atoms with Crippen LogP contribution in [0.5, 0.6) is 5.75 Å². The van der Waals surface area contributed by atoms with Crippen LogP contribution < -0.4 is 31.5 Å². The van der Waals surface area contributed by atoms with Crippen molar-refractivity contribution >= 4 is 29.9 Å². The number of ether oxygens (including phenoxy) is 1. The van der Waals surface area contributed by atoms with E-state index < -0.39 is 5.56 Å². The molecule has 0 aliphatic carbocycles. The number of pyridine rings is 1. The van der Waals surface area contributed by atoms with Crippen molar-refractivity contribution in [1.29, 1.82) is 0 Å². The van der Waals surface area contributed by atoms with Gasteiger partial charge in [0.25, 0.3) is 11.4 Å². The van der Waals surface area contributed by atoms with Crippen LogP contribution >= 0.6 is 0 Å². The molecule has 0 saturated heterocycles. The molecule has 0 saturated carbocycles. The van der Waals surface area contributed by atoms with Crippen LogP contribution in [-0.4, -0.2) is 23.4 Å². The molecule has 1 aromatic heterocycles. The van der Waals surface area contributed by atoms with Gasteiger partial charge >= 0.3 is 0 Å². The number of benzene rings is 2. The summed E-state index contributed by atoms with van der Waals surface area (Å²) >= 11 is 0. The van der Waals surface area contributed by atoms with Crippen LogP contribution in [0.25, 0.3) is 12.5 Å². The van der Waals surface area contributed by atoms with Gasteiger partial charge in [-0.3, -0.25) is 9.59 Å². The topological polar surface area (TPSA) is 94.0 Å². The first-order chi connectivity index (χ1) is 16.7. The van der Waals surface area contributed by atoms with E-state index in [4.69, 9.17) is 9.57 Å². The number of aromatic nitrogens is 1. The van der Waals surface area contributed by atoms with E-state index in [0.29, 0.717) is 22.5 Å². The maximum absolute atomic E-state index is 13.4. The number of amidine groups is 1. The molecule has 2 aromatic carbocycles. The molecule has 2 N–H and O–H groups in total. The molecule has 1 aliphatic heterocycles. The number of methoxy groups -OCH3 is 1. The Morgan fingerprint density at radius 1 is 1.11 bits per heavy atom. The van der Waals surface area contributed by atoms with E-state index in [1.54, 1.807) is 32.2 Å². The Bertz CT molecular complexity index is 1500. The molecule has 8 nitrogen and oxygen atoms in total. The van der Waals surface area contributed by atoms with Crippen molar-refractivity contribution in [3.8, 4) is 5.75 Å². The maximum atomic E-state index is 13.4. The minimum atomic E-state index is -0.404. The summed E-state index contributed by atoms with van der Waals surface area (Å²) in [6.45, 7) is 11.5. The fourth-order valence-electron chi connectivity index (χ4n) is 4.18. The minimum Gasteiger partial charge on any atom is -0.497 e. The number of aryl methyl sites for hydroxylation is 4. The van der Waals surface area contributed by atoms with Crippen molar-refractivity contribution in [2.45, 2.75) is 34.2 Å². The standard InChI is InChI=1S/C27H28N4O4/c1-15-11-17(3)24(18(4)12-15)28-22(32)14-31-19(5)13-16(2)23(27(31)33)26-29-25(30-35-26)20-7-9-21(34-6)10-8-20/h7-13H,2,14H2,1,3-6H3,(H,28,32)(H,29,30). The van der Waals surface area contributed by atoms with E-state index in [-0.39, 0.29) is 23.6 Å². The summed E-state index contributed by atoms with van der Waals surface area (Å²) in [7, 11) is 1.59. The van der Waals surface area contributed by atoms with Crippen LogP contribution in [-0.2, 0) is 16.2 Å². The molecule has 0 fully saturated rings. The third kappa shape index (κ3) is 4.82. The second kappa shape index (κ2) is 9.50. The van der Waals surface area contributed by atoms with Crippen molar-refractivity contribution in [1.82, 2.24) is 10.0 Å². The fraction of sp³-hybridized carbons (Fsp3) is 0.222. The quantitative estimate of drug-likeness (QED) is 0.594. The van der Waals surface area contributed by atoms with Crippen molar-refractivity contribution < 1.29 is 14.4 Å². The largest absolute Gasteiger partial charge is 0.497 e. The maximum Gasteiger partial charge on any atom is 0.264 e. The fourth-order valence-corrected chi connectivity index (χ4v) is 4.18. The van der Waals surface area contributed by atoms with Crippen molar-refractivity contribution in [3.63, 3.8) is 0 Å². The zero-order chi connectivity index (χ0) is 25.3. The SMILES string of the molecule is C=c1cc(C)n(CC(=O)Nc2c(C)cc(C)cc2C)c(=O)c1=C1N=C(c2ccc(OC)cc2)NO1. The average Bonchev–Trinajstić information content (AvgIpc) is 3.28. The average molecular weight is 473 g/mol. The van der Waals surface area contributed by atoms with Gasteiger partial charge in [0.1, 0.15) is 17.5 Å². The summed E-state index contributed by atoms with van der Waals surface area (Å²) in [6.07, 6.45) is 0. The number of hydroxylamine groups is 1. The summed E-state index contributed by atoms with van der Waals surface area (Å²) in [5.74, 6) is 0.973. The molecular formula is C27H28N4O4. The Hall–Kier alpha value is -4.33. The van der Waals surface area contributed by atoms with Crippen molar-refractivity contribution in [3.05, 3.63) is 91.2 Å². The second-order valence-corrected chi connectivity index (χ2v) is 8.60. The van der Waals surface area contributed by atoms with E-state index in [1.807, 2.05) is 45.0 Å². The number of aliphatic imine (C=N–C) groups is 1. The Balaban J connectivity index is 1.69. The highest BCUT2D eigenvalue weighted by atomic mass is 16.7. The number of anilines is 1. The number of nitrogens with one attached hydrogen (secondary N) is 2. The molecule has 0 unspecified atom stereocenters. The lowest BCUT2D eigenvalue weighted by atomic mass is 10.1. The van der Waals surface area contributed by atoms with Gasteiger partial charge in [0.05, 0.1) is 7.11 Å². The lowest BCUT2D eigenvalue weighted by Crippen LogP contribution is -2.47. The molecule has 4 rings (SSSR count). The van der Waals surface area contributed by atoms with Crippen LogP contribution in [0, 0.1) is 27.7 Å². The van der Waals surface area contributed by atoms with Crippen LogP contribution in [0.15, 0.2) is 52.3 Å². The van der Waals surface area contributed by atoms with Gasteiger partial charge in [0.15, 0.2) is 5.84 Å². The molecule has 0 bridgehead atoms. The highest BCUT2D eigenvalue weighted by molar-refractivity contribution is 6.01. The molecule has 35 heavy (non-hydrogen) atoms. The molecular weight excluding hydrogens is 444 g/mol. The normalized spacial score (nSPS) is 14.1. The van der Waals surface area contributed by atoms with Crippen LogP contribution in [0.2, 0.25) is 0 Å². The molecule has 0 atom stereocenters. The Labute approximate surface area is 203 Å². The molecule has 0 radical (unpaired) electrons. The third-order valence-corrected chi connectivity index (χ3v) is 5.87. The number of rotatable bonds is 5. The monoisotopic (exact) mass is 472 g/mol. The first kappa shape index (κ1) is 23.8. The van der Waals surface area contributed by atoms with Gasteiger partial charge in [-0.05, 0) is 74.4 Å². The van der Waals surface area contributed by atoms with E-state index >= 15 is 0 Å². The minimum absolute atomic E-state index is 0.102. The van der Waals surface area contributed by atoms with E-state index in [1.165, 1.54) is 4.57 Å². The second-order valence-electron chi connectivity index (χ2n) is 8.60. The zero-order valence-corrected chi connectivity index (χ0v) is 20.5. The number of carbonyl (C=O) groups excluding carboxylic acids is 1. The number of nitrogens with zero attached hydrogens (tertiary/aromatic N) is 2. The predicted molar refractivity (Wildman–Crippen MR) is 137 cm³/mol. The van der Waals surface area contributed by atoms with Crippen LogP contribution in [0.4, 0.5) is 5.69 Å². The molecule has 3 aromatic rings. The van der Waals surface area contributed by atoms with Gasteiger partial charge in [-0.15, -0.1) is 0 Å². The van der Waals surface area contributed by atoms with Crippen LogP contribution in [0.3, 0.4) is 0 Å². The van der Waals surface area contributed by atoms with Gasteiger partial charge in [0, 0.05) is 16.9 Å². The van der Waals surface area contributed by atoms with Gasteiger partial charge in [0.2, 0.25) is 5.91 Å². The van der Waals surface area contributed by atoms with Gasteiger partial charge in [-0.1, -0.05) is 24.3 Å². The summed E-state index contributed by atoms with van der Waals surface area (Å²) in [5, 5.41) is 3.61. The molecule has 1 aliphatic rings. The van der Waals surface area contributed by atoms with E-state index in [0.717, 1.165) is 27.9 Å². The highest BCUT2D eigenvalue weighted by Crippen LogP contribution is 2.22. The Morgan fingerprint density at radius 2 is 1.77 bits per heavy atom. The number of hydrogen-bond acceptors (Lipinski definition) is 6. The number of amides is 1. The van der Waals surface area contributed by atoms with Crippen LogP contribution in [0.1, 0.15) is 27.9 Å². The Morgan fingerprint density at radius 3 is 2.40 bits per heavy atom. The smallest absolute Gasteiger partial charge is 0.264 e. The lowest BCUT2D eigenvalue weighted by molar-refractivity contribution is -0.116. The zero-order valence-electron chi connectivity index (χ0n) is 20.5. The first-order valence-corrected chi connectivity index (χ1v) is 11.2. The van der Waals surface area contributed by atoms with Gasteiger partial charge in [-0.2, -0.15) is 4.99 Å². The molecule has 8 heteroatoms. The Kier molecular flexibility index (Phi) is 6.46. The van der Waals surface area contributed by atoms with Gasteiger partial charge in [-0.25, -0.2) is 5.48 Å². The number of hydrogen-bond donors (Lipinski definition) is 2. The highest BCUT2D eigenvalue weighted by Gasteiger charge is 2.19. The first-order valence-electron chi connectivity index (χ1n) is 11.2.